The van der Waals surface area contributed by atoms with E-state index in [1.807, 2.05) is 0 Å². The molecule has 28 heavy (non-hydrogen) atoms. The lowest BCUT2D eigenvalue weighted by Gasteiger charge is -2.52. The number of ether oxygens (including phenoxy) is 4. The Hall–Kier alpha value is -0.460. The van der Waals surface area contributed by atoms with Crippen LogP contribution >= 0.6 is 0 Å². The van der Waals surface area contributed by atoms with Crippen molar-refractivity contribution in [1.29, 1.82) is 0 Å². The molecule has 6 rings (SSSR count). The van der Waals surface area contributed by atoms with Crippen LogP contribution in [0.5, 0.6) is 0 Å². The fraction of sp³-hybridized carbons (Fsp3) is 0.913. The molecule has 156 valence electrons. The second kappa shape index (κ2) is 5.61. The monoisotopic (exact) mass is 390 g/mol. The first-order valence-electron chi connectivity index (χ1n) is 11.3. The van der Waals surface area contributed by atoms with Gasteiger partial charge in [-0.05, 0) is 55.9 Å². The smallest absolute Gasteiger partial charge is 0.171 e. The Morgan fingerprint density at radius 2 is 1.96 bits per heavy atom. The first-order valence-corrected chi connectivity index (χ1v) is 11.3. The summed E-state index contributed by atoms with van der Waals surface area (Å²) in [5.74, 6) is 0.732. The number of rotatable bonds is 3. The normalized spacial score (nSPS) is 53.2. The molecular formula is C23H34O5. The lowest BCUT2D eigenvalue weighted by atomic mass is 9.52. The second-order valence-corrected chi connectivity index (χ2v) is 10.6. The molecule has 5 heteroatoms. The second-order valence-electron chi connectivity index (χ2n) is 10.6. The van der Waals surface area contributed by atoms with Gasteiger partial charge in [-0.1, -0.05) is 13.0 Å². The highest BCUT2D eigenvalue weighted by Crippen LogP contribution is 2.74. The molecule has 0 radical (unpaired) electrons. The third-order valence-corrected chi connectivity index (χ3v) is 9.72. The predicted molar refractivity (Wildman–Crippen MR) is 103 cm³/mol. The van der Waals surface area contributed by atoms with E-state index < -0.39 is 5.60 Å². The number of hydrogen-bond donors (Lipinski definition) is 1. The maximum Gasteiger partial charge on any atom is 0.171 e. The minimum Gasteiger partial charge on any atom is -0.389 e. The summed E-state index contributed by atoms with van der Waals surface area (Å²) < 4.78 is 24.1. The Labute approximate surface area is 167 Å². The molecule has 2 heterocycles. The highest BCUT2D eigenvalue weighted by atomic mass is 16.7. The minimum atomic E-state index is -0.603. The predicted octanol–water partition coefficient (Wildman–Crippen LogP) is 3.35. The maximum absolute atomic E-state index is 11.5. The molecule has 0 bridgehead atoms. The summed E-state index contributed by atoms with van der Waals surface area (Å²) in [6.07, 6.45) is 11.3. The van der Waals surface area contributed by atoms with Gasteiger partial charge in [0.25, 0.3) is 0 Å². The molecule has 3 saturated carbocycles. The molecule has 0 aromatic rings. The van der Waals surface area contributed by atoms with E-state index in [2.05, 4.69) is 13.0 Å². The Balaban J connectivity index is 1.30. The zero-order valence-electron chi connectivity index (χ0n) is 17.3. The van der Waals surface area contributed by atoms with E-state index in [0.29, 0.717) is 18.4 Å². The molecule has 5 fully saturated rings. The van der Waals surface area contributed by atoms with Crippen molar-refractivity contribution >= 4 is 0 Å². The molecule has 1 N–H and O–H groups in total. The van der Waals surface area contributed by atoms with Gasteiger partial charge in [-0.3, -0.25) is 0 Å². The minimum absolute atomic E-state index is 0.0429. The molecule has 0 aromatic carbocycles. The first kappa shape index (κ1) is 18.3. The first-order chi connectivity index (χ1) is 13.4. The van der Waals surface area contributed by atoms with Crippen LogP contribution in [-0.4, -0.2) is 54.6 Å². The Morgan fingerprint density at radius 1 is 1.14 bits per heavy atom. The summed E-state index contributed by atoms with van der Waals surface area (Å²) in [5, 5.41) is 11.5. The summed E-state index contributed by atoms with van der Waals surface area (Å²) in [4.78, 5) is 0. The van der Waals surface area contributed by atoms with E-state index in [9.17, 15) is 5.11 Å². The number of aliphatic hydroxyl groups is 1. The molecule has 0 aromatic heterocycles. The lowest BCUT2D eigenvalue weighted by molar-refractivity contribution is -0.185. The average molecular weight is 391 g/mol. The zero-order chi connectivity index (χ0) is 19.3. The fourth-order valence-corrected chi connectivity index (χ4v) is 8.12. The number of allylic oxidation sites excluding steroid dienone is 1. The van der Waals surface area contributed by atoms with E-state index in [1.54, 1.807) is 12.7 Å². The van der Waals surface area contributed by atoms with Crippen molar-refractivity contribution in [1.82, 2.24) is 0 Å². The van der Waals surface area contributed by atoms with E-state index in [0.717, 1.165) is 64.6 Å². The molecule has 0 amide bonds. The van der Waals surface area contributed by atoms with Crippen LogP contribution in [0.25, 0.3) is 0 Å². The maximum atomic E-state index is 11.5. The van der Waals surface area contributed by atoms with Crippen molar-refractivity contribution in [2.45, 2.75) is 87.3 Å². The van der Waals surface area contributed by atoms with Crippen LogP contribution in [0.15, 0.2) is 11.6 Å². The number of methoxy groups -OCH3 is 1. The third-order valence-electron chi connectivity index (χ3n) is 9.72. The van der Waals surface area contributed by atoms with Gasteiger partial charge in [-0.25, -0.2) is 0 Å². The van der Waals surface area contributed by atoms with Gasteiger partial charge < -0.3 is 24.1 Å². The zero-order valence-corrected chi connectivity index (χ0v) is 17.3. The van der Waals surface area contributed by atoms with Crippen molar-refractivity contribution < 1.29 is 24.1 Å². The molecule has 2 aliphatic heterocycles. The van der Waals surface area contributed by atoms with E-state index in [4.69, 9.17) is 18.9 Å². The summed E-state index contributed by atoms with van der Waals surface area (Å²) in [7, 11) is 1.73. The highest BCUT2D eigenvalue weighted by molar-refractivity contribution is 5.43. The Bertz CT molecular complexity index is 714. The van der Waals surface area contributed by atoms with Gasteiger partial charge in [0, 0.05) is 38.4 Å². The SMILES string of the molecule is COCC[C@@]1(O)CCC2C3CC[C@@]45CC6(CC[C@@]4(O5)C3=CC[C@@]21C)OCCO6. The molecule has 4 aliphatic carbocycles. The van der Waals surface area contributed by atoms with Crippen LogP contribution in [0.2, 0.25) is 0 Å². The van der Waals surface area contributed by atoms with Crippen LogP contribution in [0.4, 0.5) is 0 Å². The van der Waals surface area contributed by atoms with Crippen molar-refractivity contribution in [3.05, 3.63) is 11.6 Å². The van der Waals surface area contributed by atoms with Crippen LogP contribution < -0.4 is 0 Å². The van der Waals surface area contributed by atoms with Gasteiger partial charge in [0.1, 0.15) is 11.2 Å². The van der Waals surface area contributed by atoms with E-state index in [-0.39, 0.29) is 22.4 Å². The molecule has 5 nitrogen and oxygen atoms in total. The van der Waals surface area contributed by atoms with Gasteiger partial charge in [-0.2, -0.15) is 0 Å². The van der Waals surface area contributed by atoms with Gasteiger partial charge in [0.2, 0.25) is 0 Å². The molecule has 6 atom stereocenters. The third kappa shape index (κ3) is 2.05. The quantitative estimate of drug-likeness (QED) is 0.592. The van der Waals surface area contributed by atoms with Gasteiger partial charge >= 0.3 is 0 Å². The van der Waals surface area contributed by atoms with Crippen molar-refractivity contribution in [2.24, 2.45) is 17.3 Å². The highest BCUT2D eigenvalue weighted by Gasteiger charge is 2.79. The summed E-state index contributed by atoms with van der Waals surface area (Å²) in [6.45, 7) is 4.40. The number of epoxide rings is 1. The molecule has 1 spiro atoms. The van der Waals surface area contributed by atoms with Crippen LogP contribution in [0.3, 0.4) is 0 Å². The Kier molecular flexibility index (Phi) is 3.67. The van der Waals surface area contributed by atoms with Crippen LogP contribution in [-0.2, 0) is 18.9 Å². The summed E-state index contributed by atoms with van der Waals surface area (Å²) in [5.41, 5.74) is 0.791. The Morgan fingerprint density at radius 3 is 2.75 bits per heavy atom. The van der Waals surface area contributed by atoms with Crippen molar-refractivity contribution in [3.63, 3.8) is 0 Å². The lowest BCUT2D eigenvalue weighted by Crippen LogP contribution is -2.54. The number of fused-ring (bicyclic) bond motifs is 3. The summed E-state index contributed by atoms with van der Waals surface area (Å²) in [6, 6.07) is 0. The topological polar surface area (TPSA) is 60.5 Å². The van der Waals surface area contributed by atoms with Crippen LogP contribution in [0.1, 0.15) is 64.7 Å². The average Bonchev–Trinajstić information content (AvgIpc) is 3.03. The summed E-state index contributed by atoms with van der Waals surface area (Å²) >= 11 is 0. The van der Waals surface area contributed by atoms with Crippen molar-refractivity contribution in [3.8, 4) is 0 Å². The van der Waals surface area contributed by atoms with Crippen molar-refractivity contribution in [2.75, 3.05) is 26.9 Å². The van der Waals surface area contributed by atoms with Crippen LogP contribution in [0, 0.1) is 17.3 Å². The van der Waals surface area contributed by atoms with E-state index in [1.165, 1.54) is 6.42 Å². The van der Waals surface area contributed by atoms with Gasteiger partial charge in [-0.15, -0.1) is 0 Å². The van der Waals surface area contributed by atoms with Gasteiger partial charge in [0.15, 0.2) is 5.79 Å². The molecule has 6 aliphatic rings. The van der Waals surface area contributed by atoms with E-state index >= 15 is 0 Å². The standard InChI is InChI=1S/C23H34O5/c1-19-6-4-18-16(17(19)5-7-20(19,24)11-12-25-2)3-8-21-15-22(26-13-14-27-22)9-10-23(18,21)28-21/h4,16-17,24H,3,5-15H2,1-2H3/t16?,17?,19-,20-,21+,23+/m0/s1. The number of hydrogen-bond acceptors (Lipinski definition) is 5. The molecular weight excluding hydrogens is 356 g/mol. The largest absolute Gasteiger partial charge is 0.389 e. The fourth-order valence-electron chi connectivity index (χ4n) is 8.12. The van der Waals surface area contributed by atoms with Gasteiger partial charge in [0.05, 0.1) is 18.8 Å². The molecule has 2 unspecified atom stereocenters. The molecule has 2 saturated heterocycles.